The maximum absolute atomic E-state index is 5.11. The van der Waals surface area contributed by atoms with E-state index < -0.39 is 0 Å². The zero-order chi connectivity index (χ0) is 9.68. The van der Waals surface area contributed by atoms with Crippen LogP contribution in [0.25, 0.3) is 0 Å². The Balaban J connectivity index is 2.93. The highest BCUT2D eigenvalue weighted by molar-refractivity contribution is 7.97. The summed E-state index contributed by atoms with van der Waals surface area (Å²) in [4.78, 5) is 4.27. The van der Waals surface area contributed by atoms with Gasteiger partial charge in [-0.1, -0.05) is 0 Å². The van der Waals surface area contributed by atoms with E-state index in [4.69, 9.17) is 9.47 Å². The molecule has 1 rings (SSSR count). The molecule has 4 heteroatoms. The normalized spacial score (nSPS) is 9.77. The third-order valence-electron chi connectivity index (χ3n) is 1.57. The fourth-order valence-electron chi connectivity index (χ4n) is 0.978. The number of nitrogens with zero attached hydrogens (tertiary/aromatic N) is 1. The number of hydrogen-bond donors (Lipinski definition) is 0. The summed E-state index contributed by atoms with van der Waals surface area (Å²) in [6, 6.07) is 3.68. The predicted octanol–water partition coefficient (Wildman–Crippen LogP) is 1.96. The van der Waals surface area contributed by atoms with Gasteiger partial charge in [-0.25, -0.2) is 4.98 Å². The Bertz CT molecular complexity index is 256. The van der Waals surface area contributed by atoms with Gasteiger partial charge in [0.25, 0.3) is 0 Å². The van der Waals surface area contributed by atoms with Crippen LogP contribution in [0.1, 0.15) is 5.69 Å². The topological polar surface area (TPSA) is 31.4 Å². The largest absolute Gasteiger partial charge is 0.496 e. The summed E-state index contributed by atoms with van der Waals surface area (Å²) in [5, 5.41) is 0. The Kier molecular flexibility index (Phi) is 3.89. The van der Waals surface area contributed by atoms with Crippen LogP contribution in [0.2, 0.25) is 0 Å². The molecule has 0 aliphatic heterocycles. The van der Waals surface area contributed by atoms with Crippen molar-refractivity contribution < 1.29 is 9.47 Å². The van der Waals surface area contributed by atoms with Gasteiger partial charge in [0.1, 0.15) is 5.75 Å². The molecule has 0 aliphatic carbocycles. The van der Waals surface area contributed by atoms with Crippen LogP contribution >= 0.6 is 11.8 Å². The van der Waals surface area contributed by atoms with Crippen LogP contribution in [-0.2, 0) is 5.75 Å². The van der Waals surface area contributed by atoms with E-state index in [2.05, 4.69) is 4.98 Å². The van der Waals surface area contributed by atoms with Crippen LogP contribution in [0.5, 0.6) is 11.6 Å². The molecule has 0 aliphatic rings. The fourth-order valence-corrected chi connectivity index (χ4v) is 1.42. The minimum absolute atomic E-state index is 0.600. The van der Waals surface area contributed by atoms with Crippen LogP contribution in [0, 0.1) is 0 Å². The average molecular weight is 199 g/mol. The molecule has 1 aromatic heterocycles. The number of ether oxygens (including phenoxy) is 2. The van der Waals surface area contributed by atoms with Gasteiger partial charge >= 0.3 is 0 Å². The summed E-state index contributed by atoms with van der Waals surface area (Å²) >= 11 is 1.72. The van der Waals surface area contributed by atoms with Gasteiger partial charge in [0.15, 0.2) is 0 Å². The second-order valence-corrected chi connectivity index (χ2v) is 3.34. The SMILES string of the molecule is COc1cc(CSC)nc(OC)c1. The van der Waals surface area contributed by atoms with Crippen LogP contribution in [-0.4, -0.2) is 25.5 Å². The van der Waals surface area contributed by atoms with Gasteiger partial charge in [0, 0.05) is 17.9 Å². The monoisotopic (exact) mass is 199 g/mol. The Labute approximate surface area is 82.5 Å². The van der Waals surface area contributed by atoms with Crippen molar-refractivity contribution in [1.29, 1.82) is 0 Å². The Hall–Kier alpha value is -0.900. The number of methoxy groups -OCH3 is 2. The lowest BCUT2D eigenvalue weighted by atomic mass is 10.3. The molecular weight excluding hydrogens is 186 g/mol. The highest BCUT2D eigenvalue weighted by Gasteiger charge is 2.02. The van der Waals surface area contributed by atoms with Crippen molar-refractivity contribution in [1.82, 2.24) is 4.98 Å². The van der Waals surface area contributed by atoms with E-state index in [1.807, 2.05) is 12.3 Å². The molecule has 0 fully saturated rings. The number of pyridine rings is 1. The molecule has 1 heterocycles. The van der Waals surface area contributed by atoms with Crippen molar-refractivity contribution in [3.63, 3.8) is 0 Å². The minimum Gasteiger partial charge on any atom is -0.496 e. The zero-order valence-electron chi connectivity index (χ0n) is 8.03. The minimum atomic E-state index is 0.600. The van der Waals surface area contributed by atoms with E-state index in [9.17, 15) is 0 Å². The van der Waals surface area contributed by atoms with Crippen molar-refractivity contribution in [3.8, 4) is 11.6 Å². The van der Waals surface area contributed by atoms with Crippen molar-refractivity contribution in [2.75, 3.05) is 20.5 Å². The van der Waals surface area contributed by atoms with Gasteiger partial charge in [-0.05, 0) is 6.26 Å². The lowest BCUT2D eigenvalue weighted by molar-refractivity contribution is 0.381. The van der Waals surface area contributed by atoms with Crippen molar-refractivity contribution in [3.05, 3.63) is 17.8 Å². The third-order valence-corrected chi connectivity index (χ3v) is 2.15. The molecule has 0 unspecified atom stereocenters. The van der Waals surface area contributed by atoms with Gasteiger partial charge in [0.05, 0.1) is 19.9 Å². The molecule has 13 heavy (non-hydrogen) atoms. The lowest BCUT2D eigenvalue weighted by Crippen LogP contribution is -1.94. The van der Waals surface area contributed by atoms with Crippen LogP contribution in [0.4, 0.5) is 0 Å². The van der Waals surface area contributed by atoms with Crippen LogP contribution in [0.3, 0.4) is 0 Å². The molecule has 0 saturated heterocycles. The summed E-state index contributed by atoms with van der Waals surface area (Å²) in [5.41, 5.74) is 0.976. The number of rotatable bonds is 4. The number of aromatic nitrogens is 1. The Morgan fingerprint density at radius 3 is 2.62 bits per heavy atom. The van der Waals surface area contributed by atoms with Crippen molar-refractivity contribution in [2.24, 2.45) is 0 Å². The first-order valence-electron chi connectivity index (χ1n) is 3.88. The first-order chi connectivity index (χ1) is 6.30. The molecule has 72 valence electrons. The van der Waals surface area contributed by atoms with Gasteiger partial charge in [-0.2, -0.15) is 11.8 Å². The second kappa shape index (κ2) is 4.97. The maximum atomic E-state index is 5.11. The Morgan fingerprint density at radius 1 is 1.31 bits per heavy atom. The van der Waals surface area contributed by atoms with E-state index in [1.165, 1.54) is 0 Å². The van der Waals surface area contributed by atoms with Gasteiger partial charge in [-0.3, -0.25) is 0 Å². The van der Waals surface area contributed by atoms with Crippen molar-refractivity contribution >= 4 is 11.8 Å². The molecule has 0 spiro atoms. The standard InChI is InChI=1S/C9H13NO2S/c1-11-8-4-7(6-13-3)10-9(5-8)12-2/h4-5H,6H2,1-3H3. The number of thioether (sulfide) groups is 1. The summed E-state index contributed by atoms with van der Waals surface area (Å²) in [5.74, 6) is 2.26. The Morgan fingerprint density at radius 2 is 2.08 bits per heavy atom. The molecular formula is C9H13NO2S. The highest BCUT2D eigenvalue weighted by Crippen LogP contribution is 2.20. The average Bonchev–Trinajstić information content (AvgIpc) is 2.17. The summed E-state index contributed by atoms with van der Waals surface area (Å²) < 4.78 is 10.2. The van der Waals surface area contributed by atoms with E-state index in [0.29, 0.717) is 5.88 Å². The van der Waals surface area contributed by atoms with Gasteiger partial charge in [0.2, 0.25) is 5.88 Å². The first kappa shape index (κ1) is 10.2. The van der Waals surface area contributed by atoms with E-state index in [1.54, 1.807) is 32.0 Å². The highest BCUT2D eigenvalue weighted by atomic mass is 32.2. The zero-order valence-corrected chi connectivity index (χ0v) is 8.85. The first-order valence-corrected chi connectivity index (χ1v) is 5.27. The predicted molar refractivity (Wildman–Crippen MR) is 54.6 cm³/mol. The molecule has 0 saturated carbocycles. The molecule has 0 aromatic carbocycles. The molecule has 0 atom stereocenters. The van der Waals surface area contributed by atoms with E-state index in [0.717, 1.165) is 17.2 Å². The van der Waals surface area contributed by atoms with Crippen molar-refractivity contribution in [2.45, 2.75) is 5.75 Å². The molecule has 0 amide bonds. The fraction of sp³-hybridized carbons (Fsp3) is 0.444. The molecule has 1 aromatic rings. The second-order valence-electron chi connectivity index (χ2n) is 2.47. The summed E-state index contributed by atoms with van der Waals surface area (Å²) in [6.07, 6.45) is 2.04. The van der Waals surface area contributed by atoms with Gasteiger partial charge in [-0.15, -0.1) is 0 Å². The van der Waals surface area contributed by atoms with Crippen LogP contribution in [0.15, 0.2) is 12.1 Å². The molecule has 0 radical (unpaired) electrons. The van der Waals surface area contributed by atoms with Gasteiger partial charge < -0.3 is 9.47 Å². The maximum Gasteiger partial charge on any atom is 0.216 e. The molecule has 0 N–H and O–H groups in total. The third kappa shape index (κ3) is 2.81. The van der Waals surface area contributed by atoms with E-state index in [-0.39, 0.29) is 0 Å². The van der Waals surface area contributed by atoms with E-state index >= 15 is 0 Å². The van der Waals surface area contributed by atoms with Crippen LogP contribution < -0.4 is 9.47 Å². The number of hydrogen-bond acceptors (Lipinski definition) is 4. The quantitative estimate of drug-likeness (QED) is 0.742. The molecule has 0 bridgehead atoms. The summed E-state index contributed by atoms with van der Waals surface area (Å²) in [6.45, 7) is 0. The molecule has 3 nitrogen and oxygen atoms in total. The smallest absolute Gasteiger partial charge is 0.216 e. The lowest BCUT2D eigenvalue weighted by Gasteiger charge is -2.05. The summed E-state index contributed by atoms with van der Waals surface area (Å²) in [7, 11) is 3.24.